The number of anilines is 2. The van der Waals surface area contributed by atoms with Crippen molar-refractivity contribution in [3.8, 4) is 17.6 Å². The summed E-state index contributed by atoms with van der Waals surface area (Å²) >= 11 is 0. The van der Waals surface area contributed by atoms with Crippen LogP contribution in [0.2, 0.25) is 0 Å². The van der Waals surface area contributed by atoms with Crippen molar-refractivity contribution in [1.29, 1.82) is 0 Å². The molecule has 1 saturated carbocycles. The largest absolute Gasteiger partial charge is 0.495 e. The second kappa shape index (κ2) is 11.7. The minimum Gasteiger partial charge on any atom is -0.495 e. The van der Waals surface area contributed by atoms with Gasteiger partial charge in [0.15, 0.2) is 9.84 Å². The van der Waals surface area contributed by atoms with Crippen LogP contribution < -0.4 is 15.4 Å². The van der Waals surface area contributed by atoms with E-state index in [1.54, 1.807) is 24.3 Å². The Kier molecular flexibility index (Phi) is 8.54. The lowest BCUT2D eigenvalue weighted by Gasteiger charge is -2.28. The van der Waals surface area contributed by atoms with Crippen LogP contribution in [-0.2, 0) is 21.2 Å². The van der Waals surface area contributed by atoms with E-state index < -0.39 is 34.4 Å². The standard InChI is InChI=1S/C28H30F3N3O5S/c1-39-26-16-21(40(2,37)38)11-12-24(26)32-13-5-8-20-15-22-23(33-19-7-3-6-18(14-19)27(35)36)9-4-10-25(22)34(20)17-28(29,30)31/h4,9-12,15-16,18-19,32-33H,3,6-7,13-14,17H2,1-2H3,(H,35,36). The maximum Gasteiger partial charge on any atom is 0.406 e. The lowest BCUT2D eigenvalue weighted by molar-refractivity contribution is -0.143. The third kappa shape index (κ3) is 7.01. The molecule has 1 aliphatic rings. The summed E-state index contributed by atoms with van der Waals surface area (Å²) in [5.41, 5.74) is 1.66. The number of nitrogens with zero attached hydrogens (tertiary/aromatic N) is 1. The van der Waals surface area contributed by atoms with E-state index in [1.165, 1.54) is 25.3 Å². The molecule has 3 aromatic rings. The average Bonchev–Trinajstić information content (AvgIpc) is 3.22. The van der Waals surface area contributed by atoms with E-state index in [9.17, 15) is 31.5 Å². The number of fused-ring (bicyclic) bond motifs is 1. The second-order valence-electron chi connectivity index (χ2n) is 9.80. The van der Waals surface area contributed by atoms with Crippen molar-refractivity contribution in [3.63, 3.8) is 0 Å². The normalized spacial score (nSPS) is 17.6. The van der Waals surface area contributed by atoms with Crippen LogP contribution in [0.4, 0.5) is 24.5 Å². The number of aromatic nitrogens is 1. The summed E-state index contributed by atoms with van der Waals surface area (Å²) < 4.78 is 70.5. The lowest BCUT2D eigenvalue weighted by atomic mass is 9.85. The van der Waals surface area contributed by atoms with Gasteiger partial charge in [-0.25, -0.2) is 8.42 Å². The lowest BCUT2D eigenvalue weighted by Crippen LogP contribution is -2.30. The molecule has 0 radical (unpaired) electrons. The Morgan fingerprint density at radius 3 is 2.62 bits per heavy atom. The summed E-state index contributed by atoms with van der Waals surface area (Å²) in [7, 11) is -2.03. The number of methoxy groups -OCH3 is 1. The molecule has 214 valence electrons. The Hall–Kier alpha value is -3.85. The summed E-state index contributed by atoms with van der Waals surface area (Å²) in [6, 6.07) is 10.9. The number of carbonyl (C=O) groups is 1. The Morgan fingerprint density at radius 1 is 1.18 bits per heavy atom. The van der Waals surface area contributed by atoms with Crippen LogP contribution in [0.15, 0.2) is 47.4 Å². The van der Waals surface area contributed by atoms with Crippen LogP contribution in [0.1, 0.15) is 31.4 Å². The molecule has 1 aliphatic carbocycles. The van der Waals surface area contributed by atoms with Gasteiger partial charge in [0.2, 0.25) is 0 Å². The van der Waals surface area contributed by atoms with E-state index in [0.717, 1.165) is 23.7 Å². The first-order valence-electron chi connectivity index (χ1n) is 12.6. The number of rotatable bonds is 8. The zero-order valence-corrected chi connectivity index (χ0v) is 22.8. The molecule has 8 nitrogen and oxygen atoms in total. The number of hydrogen-bond donors (Lipinski definition) is 3. The molecule has 2 aromatic carbocycles. The zero-order valence-electron chi connectivity index (χ0n) is 22.0. The first-order valence-corrected chi connectivity index (χ1v) is 14.5. The first kappa shape index (κ1) is 29.1. The molecule has 0 aliphatic heterocycles. The van der Waals surface area contributed by atoms with E-state index in [0.29, 0.717) is 40.9 Å². The minimum absolute atomic E-state index is 0.0614. The number of ether oxygens (including phenoxy) is 1. The van der Waals surface area contributed by atoms with Gasteiger partial charge in [0, 0.05) is 29.4 Å². The van der Waals surface area contributed by atoms with Crippen molar-refractivity contribution in [2.24, 2.45) is 5.92 Å². The van der Waals surface area contributed by atoms with Gasteiger partial charge >= 0.3 is 12.1 Å². The minimum atomic E-state index is -4.48. The Balaban J connectivity index is 1.60. The van der Waals surface area contributed by atoms with Gasteiger partial charge < -0.3 is 25.0 Å². The number of alkyl halides is 3. The molecule has 40 heavy (non-hydrogen) atoms. The smallest absolute Gasteiger partial charge is 0.406 e. The number of halogens is 3. The Bertz CT molecular complexity index is 1570. The predicted octanol–water partition coefficient (Wildman–Crippen LogP) is 5.13. The molecule has 0 saturated heterocycles. The number of carboxylic acids is 1. The van der Waals surface area contributed by atoms with Gasteiger partial charge in [-0.3, -0.25) is 4.79 Å². The van der Waals surface area contributed by atoms with E-state index in [-0.39, 0.29) is 23.2 Å². The van der Waals surface area contributed by atoms with E-state index in [2.05, 4.69) is 22.5 Å². The van der Waals surface area contributed by atoms with Crippen LogP contribution in [0, 0.1) is 17.8 Å². The third-order valence-electron chi connectivity index (χ3n) is 6.85. The number of hydrogen-bond acceptors (Lipinski definition) is 6. The van der Waals surface area contributed by atoms with Gasteiger partial charge in [-0.15, -0.1) is 0 Å². The highest BCUT2D eigenvalue weighted by Crippen LogP contribution is 2.33. The number of nitrogens with one attached hydrogen (secondary N) is 2. The molecule has 1 fully saturated rings. The second-order valence-corrected chi connectivity index (χ2v) is 11.8. The third-order valence-corrected chi connectivity index (χ3v) is 7.96. The number of benzene rings is 2. The van der Waals surface area contributed by atoms with Gasteiger partial charge in [0.1, 0.15) is 12.3 Å². The van der Waals surface area contributed by atoms with Crippen molar-refractivity contribution < 1.29 is 36.2 Å². The summed E-state index contributed by atoms with van der Waals surface area (Å²) in [6.45, 7) is -1.16. The monoisotopic (exact) mass is 577 g/mol. The van der Waals surface area contributed by atoms with Gasteiger partial charge in [0.25, 0.3) is 0 Å². The molecule has 0 bridgehead atoms. The maximum absolute atomic E-state index is 13.5. The van der Waals surface area contributed by atoms with Crippen LogP contribution in [0.3, 0.4) is 0 Å². The molecule has 1 heterocycles. The molecule has 4 rings (SSSR count). The highest BCUT2D eigenvalue weighted by atomic mass is 32.2. The van der Waals surface area contributed by atoms with Crippen LogP contribution in [0.5, 0.6) is 5.75 Å². The van der Waals surface area contributed by atoms with Gasteiger partial charge in [-0.2, -0.15) is 13.2 Å². The molecule has 3 N–H and O–H groups in total. The topological polar surface area (TPSA) is 110 Å². The molecule has 1 aromatic heterocycles. The van der Waals surface area contributed by atoms with Crippen LogP contribution in [0.25, 0.3) is 10.9 Å². The Labute approximate surface area is 230 Å². The van der Waals surface area contributed by atoms with Crippen molar-refractivity contribution in [2.75, 3.05) is 30.5 Å². The number of carboxylic acid groups (broad SMARTS) is 1. The Morgan fingerprint density at radius 2 is 1.95 bits per heavy atom. The first-order chi connectivity index (χ1) is 18.9. The zero-order chi connectivity index (χ0) is 29.1. The molecular weight excluding hydrogens is 547 g/mol. The number of sulfone groups is 1. The van der Waals surface area contributed by atoms with Crippen molar-refractivity contribution in [2.45, 2.75) is 49.3 Å². The van der Waals surface area contributed by atoms with Crippen LogP contribution in [-0.4, -0.2) is 56.2 Å². The SMILES string of the molecule is COc1cc(S(C)(=O)=O)ccc1NCC#Cc1cc2c(NC3CCCC(C(=O)O)C3)cccc2n1CC(F)(F)F. The van der Waals surface area contributed by atoms with E-state index in [4.69, 9.17) is 4.74 Å². The molecule has 0 amide bonds. The fourth-order valence-electron chi connectivity index (χ4n) is 4.95. The average molecular weight is 578 g/mol. The van der Waals surface area contributed by atoms with Crippen LogP contribution >= 0.6 is 0 Å². The summed E-state index contributed by atoms with van der Waals surface area (Å²) in [6.07, 6.45) is -0.801. The maximum atomic E-state index is 13.5. The molecule has 0 spiro atoms. The van der Waals surface area contributed by atoms with Crippen molar-refractivity contribution >= 4 is 38.1 Å². The highest BCUT2D eigenvalue weighted by molar-refractivity contribution is 7.90. The highest BCUT2D eigenvalue weighted by Gasteiger charge is 2.31. The predicted molar refractivity (Wildman–Crippen MR) is 146 cm³/mol. The fourth-order valence-corrected chi connectivity index (χ4v) is 5.59. The van der Waals surface area contributed by atoms with Crippen molar-refractivity contribution in [1.82, 2.24) is 4.57 Å². The van der Waals surface area contributed by atoms with Gasteiger partial charge in [-0.05, 0) is 55.5 Å². The van der Waals surface area contributed by atoms with Crippen molar-refractivity contribution in [3.05, 3.63) is 48.2 Å². The van der Waals surface area contributed by atoms with E-state index >= 15 is 0 Å². The summed E-state index contributed by atoms with van der Waals surface area (Å²) in [5.74, 6) is 4.68. The summed E-state index contributed by atoms with van der Waals surface area (Å²) in [4.78, 5) is 11.6. The summed E-state index contributed by atoms with van der Waals surface area (Å²) in [5, 5.41) is 16.3. The number of aliphatic carboxylic acids is 1. The van der Waals surface area contributed by atoms with E-state index in [1.807, 2.05) is 0 Å². The van der Waals surface area contributed by atoms with Gasteiger partial charge in [0.05, 0.1) is 41.4 Å². The molecule has 2 unspecified atom stereocenters. The molecular formula is C28H30F3N3O5S. The molecule has 2 atom stereocenters. The molecule has 12 heteroatoms. The van der Waals surface area contributed by atoms with Gasteiger partial charge in [-0.1, -0.05) is 18.4 Å². The quantitative estimate of drug-likeness (QED) is 0.318. The fraction of sp³-hybridized carbons (Fsp3) is 0.393.